The fraction of sp³-hybridized carbons (Fsp3) is 0. The molecule has 0 fully saturated rings. The van der Waals surface area contributed by atoms with Crippen molar-refractivity contribution in [2.75, 3.05) is 0 Å². The fourth-order valence-corrected chi connectivity index (χ4v) is 1.93. The SMILES string of the molecule is O=C([O-])c1nccc2c1[nH]c1ccccc12.[Cu+]. The summed E-state index contributed by atoms with van der Waals surface area (Å²) in [6.45, 7) is 0. The standard InChI is InChI=1S/C12H8N2O2.Cu/c15-12(16)11-10-8(5-6-13-11)7-3-1-2-4-9(7)14-10;/h1-6,14H,(H,15,16);/q;+1/p-1. The molecule has 0 aliphatic carbocycles. The third kappa shape index (κ3) is 1.69. The Hall–Kier alpha value is -1.84. The second kappa shape index (κ2) is 4.20. The largest absolute Gasteiger partial charge is 1.00 e. The first-order valence-electron chi connectivity index (χ1n) is 4.84. The summed E-state index contributed by atoms with van der Waals surface area (Å²) in [5.41, 5.74) is 1.37. The van der Waals surface area contributed by atoms with E-state index in [0.29, 0.717) is 5.52 Å². The van der Waals surface area contributed by atoms with Gasteiger partial charge in [-0.05, 0) is 12.1 Å². The maximum atomic E-state index is 10.9. The second-order valence-corrected chi connectivity index (χ2v) is 3.54. The molecular formula is C12H7CuN2O2. The molecule has 0 amide bonds. The summed E-state index contributed by atoms with van der Waals surface area (Å²) in [5.74, 6) is -1.27. The molecule has 0 saturated carbocycles. The molecular weight excluding hydrogens is 268 g/mol. The first-order valence-corrected chi connectivity index (χ1v) is 4.84. The maximum Gasteiger partial charge on any atom is 1.00 e. The van der Waals surface area contributed by atoms with Gasteiger partial charge in [-0.2, -0.15) is 0 Å². The monoisotopic (exact) mass is 274 g/mol. The molecule has 2 aromatic heterocycles. The van der Waals surface area contributed by atoms with Crippen molar-refractivity contribution in [3.05, 3.63) is 42.2 Å². The molecule has 5 heteroatoms. The van der Waals surface area contributed by atoms with Gasteiger partial charge in [0.2, 0.25) is 0 Å². The number of carboxylic acids is 1. The molecule has 2 heterocycles. The van der Waals surface area contributed by atoms with E-state index >= 15 is 0 Å². The van der Waals surface area contributed by atoms with Gasteiger partial charge >= 0.3 is 17.1 Å². The Kier molecular flexibility index (Phi) is 2.88. The number of aromatic nitrogens is 2. The van der Waals surface area contributed by atoms with E-state index in [2.05, 4.69) is 9.97 Å². The normalized spacial score (nSPS) is 10.4. The molecule has 0 atom stereocenters. The minimum absolute atomic E-state index is 0. The number of carbonyl (C=O) groups is 1. The summed E-state index contributed by atoms with van der Waals surface area (Å²) >= 11 is 0. The van der Waals surface area contributed by atoms with Crippen molar-refractivity contribution >= 4 is 27.8 Å². The van der Waals surface area contributed by atoms with Crippen LogP contribution in [0.5, 0.6) is 0 Å². The van der Waals surface area contributed by atoms with Crippen LogP contribution in [0.2, 0.25) is 0 Å². The molecule has 0 spiro atoms. The molecule has 0 bridgehead atoms. The van der Waals surface area contributed by atoms with Gasteiger partial charge in [-0.3, -0.25) is 4.98 Å². The van der Waals surface area contributed by atoms with E-state index in [1.165, 1.54) is 6.20 Å². The van der Waals surface area contributed by atoms with Crippen molar-refractivity contribution in [2.24, 2.45) is 0 Å². The van der Waals surface area contributed by atoms with E-state index in [4.69, 9.17) is 0 Å². The molecule has 3 rings (SSSR count). The first-order chi connectivity index (χ1) is 7.77. The van der Waals surface area contributed by atoms with Crippen molar-refractivity contribution in [3.63, 3.8) is 0 Å². The second-order valence-electron chi connectivity index (χ2n) is 3.54. The molecule has 0 aliphatic rings. The van der Waals surface area contributed by atoms with E-state index < -0.39 is 5.97 Å². The van der Waals surface area contributed by atoms with Crippen LogP contribution in [-0.4, -0.2) is 15.9 Å². The summed E-state index contributed by atoms with van der Waals surface area (Å²) in [5, 5.41) is 12.7. The van der Waals surface area contributed by atoms with Gasteiger partial charge in [0.25, 0.3) is 0 Å². The summed E-state index contributed by atoms with van der Waals surface area (Å²) in [7, 11) is 0. The third-order valence-corrected chi connectivity index (χ3v) is 2.62. The number of aromatic carboxylic acids is 1. The van der Waals surface area contributed by atoms with Crippen molar-refractivity contribution < 1.29 is 27.0 Å². The van der Waals surface area contributed by atoms with Crippen LogP contribution in [0.3, 0.4) is 0 Å². The fourth-order valence-electron chi connectivity index (χ4n) is 1.93. The smallest absolute Gasteiger partial charge is 0.543 e. The Morgan fingerprint density at radius 3 is 2.71 bits per heavy atom. The van der Waals surface area contributed by atoms with Gasteiger partial charge < -0.3 is 14.9 Å². The number of carbonyl (C=O) groups excluding carboxylic acids is 1. The average Bonchev–Trinajstić information content (AvgIpc) is 2.67. The third-order valence-electron chi connectivity index (χ3n) is 2.62. The van der Waals surface area contributed by atoms with Gasteiger partial charge in [0.05, 0.1) is 11.5 Å². The number of para-hydroxylation sites is 1. The molecule has 1 aromatic carbocycles. The number of pyridine rings is 1. The molecule has 3 aromatic rings. The zero-order chi connectivity index (χ0) is 11.1. The van der Waals surface area contributed by atoms with E-state index in [0.717, 1.165) is 16.3 Å². The predicted octanol–water partition coefficient (Wildman–Crippen LogP) is 1.08. The van der Waals surface area contributed by atoms with Crippen molar-refractivity contribution in [3.8, 4) is 0 Å². The number of carboxylic acid groups (broad SMARTS) is 1. The topological polar surface area (TPSA) is 68.8 Å². The van der Waals surface area contributed by atoms with Crippen LogP contribution in [0.25, 0.3) is 21.8 Å². The number of aromatic amines is 1. The summed E-state index contributed by atoms with van der Waals surface area (Å²) < 4.78 is 0. The number of fused-ring (bicyclic) bond motifs is 3. The Morgan fingerprint density at radius 2 is 1.94 bits per heavy atom. The van der Waals surface area contributed by atoms with E-state index in [-0.39, 0.29) is 22.8 Å². The van der Waals surface area contributed by atoms with Gasteiger partial charge in [-0.1, -0.05) is 18.2 Å². The minimum Gasteiger partial charge on any atom is -0.543 e. The van der Waals surface area contributed by atoms with Crippen molar-refractivity contribution in [2.45, 2.75) is 0 Å². The minimum atomic E-state index is -1.27. The Balaban J connectivity index is 0.00000108. The molecule has 17 heavy (non-hydrogen) atoms. The number of nitrogens with zero attached hydrogens (tertiary/aromatic N) is 1. The molecule has 4 nitrogen and oxygen atoms in total. The maximum absolute atomic E-state index is 10.9. The van der Waals surface area contributed by atoms with Crippen LogP contribution >= 0.6 is 0 Å². The van der Waals surface area contributed by atoms with Crippen LogP contribution in [0.15, 0.2) is 36.5 Å². The van der Waals surface area contributed by atoms with Crippen LogP contribution < -0.4 is 5.11 Å². The van der Waals surface area contributed by atoms with E-state index in [1.54, 1.807) is 6.07 Å². The predicted molar refractivity (Wildman–Crippen MR) is 57.9 cm³/mol. The van der Waals surface area contributed by atoms with Gasteiger partial charge in [0.1, 0.15) is 5.69 Å². The zero-order valence-electron chi connectivity index (χ0n) is 8.53. The number of rotatable bonds is 1. The molecule has 0 unspecified atom stereocenters. The zero-order valence-corrected chi connectivity index (χ0v) is 9.47. The van der Waals surface area contributed by atoms with Crippen LogP contribution in [0.1, 0.15) is 10.5 Å². The molecule has 0 saturated heterocycles. The van der Waals surface area contributed by atoms with Crippen molar-refractivity contribution in [1.29, 1.82) is 0 Å². The number of hydrogen-bond donors (Lipinski definition) is 1. The number of hydrogen-bond acceptors (Lipinski definition) is 3. The summed E-state index contributed by atoms with van der Waals surface area (Å²) in [4.78, 5) is 17.8. The van der Waals surface area contributed by atoms with Gasteiger partial charge in [0.15, 0.2) is 0 Å². The number of H-pyrrole nitrogens is 1. The summed E-state index contributed by atoms with van der Waals surface area (Å²) in [6.07, 6.45) is 1.48. The van der Waals surface area contributed by atoms with Gasteiger partial charge in [-0.25, -0.2) is 0 Å². The van der Waals surface area contributed by atoms with Gasteiger partial charge in [-0.15, -0.1) is 0 Å². The summed E-state index contributed by atoms with van der Waals surface area (Å²) in [6, 6.07) is 9.43. The molecule has 88 valence electrons. The first kappa shape index (κ1) is 11.6. The number of benzene rings is 1. The van der Waals surface area contributed by atoms with Crippen LogP contribution in [0.4, 0.5) is 0 Å². The van der Waals surface area contributed by atoms with Crippen LogP contribution in [-0.2, 0) is 17.1 Å². The Bertz CT molecular complexity index is 706. The van der Waals surface area contributed by atoms with E-state index in [9.17, 15) is 9.90 Å². The Labute approximate surface area is 107 Å². The molecule has 0 aliphatic heterocycles. The number of nitrogens with one attached hydrogen (secondary N) is 1. The average molecular weight is 275 g/mol. The van der Waals surface area contributed by atoms with Gasteiger partial charge in [0, 0.05) is 22.5 Å². The quantitative estimate of drug-likeness (QED) is 0.675. The van der Waals surface area contributed by atoms with Crippen LogP contribution in [0, 0.1) is 0 Å². The molecule has 1 N–H and O–H groups in total. The Morgan fingerprint density at radius 1 is 1.18 bits per heavy atom. The molecule has 0 radical (unpaired) electrons. The van der Waals surface area contributed by atoms with E-state index in [1.807, 2.05) is 24.3 Å². The van der Waals surface area contributed by atoms with Crippen molar-refractivity contribution in [1.82, 2.24) is 9.97 Å².